The van der Waals surface area contributed by atoms with Crippen LogP contribution in [0.15, 0.2) is 11.4 Å². The SMILES string of the molecule is CC(C)(C)SCC(O)c1sccc1Cl. The minimum atomic E-state index is -0.438. The van der Waals surface area contributed by atoms with E-state index in [9.17, 15) is 5.11 Å². The lowest BCUT2D eigenvalue weighted by molar-refractivity contribution is 0.208. The Balaban J connectivity index is 2.51. The van der Waals surface area contributed by atoms with Gasteiger partial charge in [-0.15, -0.1) is 11.3 Å². The van der Waals surface area contributed by atoms with Gasteiger partial charge >= 0.3 is 0 Å². The van der Waals surface area contributed by atoms with E-state index in [1.54, 1.807) is 11.8 Å². The molecule has 0 aliphatic carbocycles. The summed E-state index contributed by atoms with van der Waals surface area (Å²) in [6, 6.07) is 1.83. The van der Waals surface area contributed by atoms with Crippen LogP contribution in [0, 0.1) is 0 Å². The van der Waals surface area contributed by atoms with Gasteiger partial charge in [0, 0.05) is 10.5 Å². The number of aliphatic hydroxyl groups excluding tert-OH is 1. The fourth-order valence-corrected chi connectivity index (χ4v) is 3.05. The van der Waals surface area contributed by atoms with Crippen molar-refractivity contribution in [3.05, 3.63) is 21.3 Å². The monoisotopic (exact) mass is 250 g/mol. The fraction of sp³-hybridized carbons (Fsp3) is 0.600. The van der Waals surface area contributed by atoms with E-state index in [-0.39, 0.29) is 4.75 Å². The van der Waals surface area contributed by atoms with Gasteiger partial charge in [0.15, 0.2) is 0 Å². The van der Waals surface area contributed by atoms with E-state index < -0.39 is 6.10 Å². The third-order valence-electron chi connectivity index (χ3n) is 1.62. The van der Waals surface area contributed by atoms with Crippen molar-refractivity contribution in [1.29, 1.82) is 0 Å². The van der Waals surface area contributed by atoms with Crippen LogP contribution >= 0.6 is 34.7 Å². The van der Waals surface area contributed by atoms with Crippen LogP contribution < -0.4 is 0 Å². The number of thiophene rings is 1. The van der Waals surface area contributed by atoms with E-state index in [2.05, 4.69) is 20.8 Å². The molecule has 4 heteroatoms. The summed E-state index contributed by atoms with van der Waals surface area (Å²) in [5.41, 5.74) is 0. The molecule has 0 saturated heterocycles. The lowest BCUT2D eigenvalue weighted by Gasteiger charge is -2.19. The molecule has 0 aromatic carbocycles. The predicted molar refractivity (Wildman–Crippen MR) is 66.5 cm³/mol. The van der Waals surface area contributed by atoms with Crippen molar-refractivity contribution in [2.24, 2.45) is 0 Å². The molecule has 1 aromatic heterocycles. The standard InChI is InChI=1S/C10H15ClOS2/c1-10(2,3)14-6-8(12)9-7(11)4-5-13-9/h4-5,8,12H,6H2,1-3H3. The van der Waals surface area contributed by atoms with Gasteiger partial charge in [-0.3, -0.25) is 0 Å². The zero-order chi connectivity index (χ0) is 10.8. The molecule has 0 aliphatic heterocycles. The van der Waals surface area contributed by atoms with E-state index in [4.69, 9.17) is 11.6 Å². The van der Waals surface area contributed by atoms with Crippen LogP contribution in [0.2, 0.25) is 5.02 Å². The summed E-state index contributed by atoms with van der Waals surface area (Å²) in [5.74, 6) is 0.698. The molecule has 1 N–H and O–H groups in total. The second-order valence-corrected chi connectivity index (χ2v) is 7.27. The van der Waals surface area contributed by atoms with E-state index >= 15 is 0 Å². The Kier molecular flexibility index (Phi) is 4.31. The molecule has 0 saturated carbocycles. The molecule has 14 heavy (non-hydrogen) atoms. The molecule has 1 unspecified atom stereocenters. The van der Waals surface area contributed by atoms with Gasteiger partial charge in [0.05, 0.1) is 16.0 Å². The number of rotatable bonds is 3. The molecule has 1 rings (SSSR count). The molecule has 1 heterocycles. The fourth-order valence-electron chi connectivity index (χ4n) is 0.948. The average Bonchev–Trinajstić information content (AvgIpc) is 2.46. The second-order valence-electron chi connectivity index (χ2n) is 4.07. The van der Waals surface area contributed by atoms with Crippen LogP contribution in [-0.4, -0.2) is 15.6 Å². The first-order chi connectivity index (χ1) is 6.40. The summed E-state index contributed by atoms with van der Waals surface area (Å²) in [7, 11) is 0. The van der Waals surface area contributed by atoms with E-state index in [1.807, 2.05) is 11.4 Å². The first-order valence-corrected chi connectivity index (χ1v) is 6.69. The summed E-state index contributed by atoms with van der Waals surface area (Å²) in [6.07, 6.45) is -0.438. The lowest BCUT2D eigenvalue weighted by Crippen LogP contribution is -2.11. The molecule has 0 amide bonds. The van der Waals surface area contributed by atoms with Gasteiger partial charge in [-0.25, -0.2) is 0 Å². The Morgan fingerprint density at radius 3 is 2.64 bits per heavy atom. The van der Waals surface area contributed by atoms with Gasteiger partial charge in [0.1, 0.15) is 0 Å². The summed E-state index contributed by atoms with van der Waals surface area (Å²) in [4.78, 5) is 0.878. The molecular formula is C10H15ClOS2. The van der Waals surface area contributed by atoms with Crippen LogP contribution in [0.4, 0.5) is 0 Å². The Morgan fingerprint density at radius 1 is 1.57 bits per heavy atom. The number of thioether (sulfide) groups is 1. The number of hydrogen-bond acceptors (Lipinski definition) is 3. The zero-order valence-electron chi connectivity index (χ0n) is 8.58. The molecule has 1 atom stereocenters. The minimum absolute atomic E-state index is 0.185. The van der Waals surface area contributed by atoms with Crippen molar-refractivity contribution in [3.8, 4) is 0 Å². The van der Waals surface area contributed by atoms with Crippen LogP contribution in [0.3, 0.4) is 0 Å². The Morgan fingerprint density at radius 2 is 2.21 bits per heavy atom. The first-order valence-electron chi connectivity index (χ1n) is 4.45. The van der Waals surface area contributed by atoms with Crippen LogP contribution in [0.25, 0.3) is 0 Å². The smallest absolute Gasteiger partial charge is 0.0987 e. The lowest BCUT2D eigenvalue weighted by atomic mass is 10.3. The van der Waals surface area contributed by atoms with Crippen molar-refractivity contribution >= 4 is 34.7 Å². The normalized spacial score (nSPS) is 14.4. The second kappa shape index (κ2) is 4.88. The van der Waals surface area contributed by atoms with Crippen molar-refractivity contribution in [2.45, 2.75) is 31.6 Å². The molecule has 0 radical (unpaired) electrons. The van der Waals surface area contributed by atoms with Crippen LogP contribution in [-0.2, 0) is 0 Å². The first kappa shape index (κ1) is 12.4. The largest absolute Gasteiger partial charge is 0.387 e. The minimum Gasteiger partial charge on any atom is -0.387 e. The van der Waals surface area contributed by atoms with Gasteiger partial charge in [-0.05, 0) is 11.4 Å². The molecule has 0 aliphatic rings. The van der Waals surface area contributed by atoms with Gasteiger partial charge in [0.25, 0.3) is 0 Å². The number of hydrogen-bond donors (Lipinski definition) is 1. The molecule has 0 spiro atoms. The van der Waals surface area contributed by atoms with Gasteiger partial charge in [-0.1, -0.05) is 32.4 Å². The Bertz CT molecular complexity index is 291. The third-order valence-corrected chi connectivity index (χ3v) is 4.43. The molecule has 80 valence electrons. The maximum Gasteiger partial charge on any atom is 0.0987 e. The number of aliphatic hydroxyl groups is 1. The number of halogens is 1. The summed E-state index contributed by atoms with van der Waals surface area (Å²) >= 11 is 9.19. The van der Waals surface area contributed by atoms with Crippen molar-refractivity contribution in [3.63, 3.8) is 0 Å². The zero-order valence-corrected chi connectivity index (χ0v) is 11.0. The summed E-state index contributed by atoms with van der Waals surface area (Å²) < 4.78 is 0.185. The highest BCUT2D eigenvalue weighted by atomic mass is 35.5. The molecule has 1 nitrogen and oxygen atoms in total. The third kappa shape index (κ3) is 3.81. The van der Waals surface area contributed by atoms with E-state index in [0.717, 1.165) is 4.88 Å². The summed E-state index contributed by atoms with van der Waals surface area (Å²) in [5, 5.41) is 12.4. The highest BCUT2D eigenvalue weighted by molar-refractivity contribution is 8.00. The predicted octanol–water partition coefficient (Wildman–Crippen LogP) is 3.97. The Labute approximate surface area is 98.5 Å². The van der Waals surface area contributed by atoms with Gasteiger partial charge < -0.3 is 5.11 Å². The Hall–Kier alpha value is 0.300. The molecule has 0 bridgehead atoms. The van der Waals surface area contributed by atoms with Gasteiger partial charge in [-0.2, -0.15) is 11.8 Å². The molecule has 0 fully saturated rings. The average molecular weight is 251 g/mol. The topological polar surface area (TPSA) is 20.2 Å². The van der Waals surface area contributed by atoms with Crippen molar-refractivity contribution in [2.75, 3.05) is 5.75 Å². The quantitative estimate of drug-likeness (QED) is 0.876. The summed E-state index contributed by atoms with van der Waals surface area (Å²) in [6.45, 7) is 6.42. The van der Waals surface area contributed by atoms with Crippen LogP contribution in [0.5, 0.6) is 0 Å². The van der Waals surface area contributed by atoms with Crippen LogP contribution in [0.1, 0.15) is 31.8 Å². The van der Waals surface area contributed by atoms with Gasteiger partial charge in [0.2, 0.25) is 0 Å². The van der Waals surface area contributed by atoms with E-state index in [1.165, 1.54) is 11.3 Å². The maximum atomic E-state index is 9.86. The highest BCUT2D eigenvalue weighted by Gasteiger charge is 2.17. The van der Waals surface area contributed by atoms with Crippen molar-refractivity contribution in [1.82, 2.24) is 0 Å². The highest BCUT2D eigenvalue weighted by Crippen LogP contribution is 2.33. The molecule has 1 aromatic rings. The van der Waals surface area contributed by atoms with E-state index in [0.29, 0.717) is 10.8 Å². The van der Waals surface area contributed by atoms with Crippen molar-refractivity contribution < 1.29 is 5.11 Å². The maximum absolute atomic E-state index is 9.86. The molecular weight excluding hydrogens is 236 g/mol.